The normalized spacial score (nSPS) is 10.4. The van der Waals surface area contributed by atoms with Gasteiger partial charge in [0.25, 0.3) is 11.5 Å². The summed E-state index contributed by atoms with van der Waals surface area (Å²) in [4.78, 5) is 30.8. The first-order chi connectivity index (χ1) is 12.5. The van der Waals surface area contributed by atoms with Crippen LogP contribution in [0.2, 0.25) is 0 Å². The minimum atomic E-state index is -0.258. The largest absolute Gasteiger partial charge is 0.378 e. The number of anilines is 1. The highest BCUT2D eigenvalue weighted by molar-refractivity contribution is 5.93. The zero-order chi connectivity index (χ0) is 18.5. The van der Waals surface area contributed by atoms with Crippen molar-refractivity contribution in [1.82, 2.24) is 14.9 Å². The molecule has 1 amide bonds. The van der Waals surface area contributed by atoms with Crippen molar-refractivity contribution >= 4 is 11.6 Å². The summed E-state index contributed by atoms with van der Waals surface area (Å²) in [6.07, 6.45) is 3.27. The zero-order valence-corrected chi connectivity index (χ0v) is 14.7. The van der Waals surface area contributed by atoms with Crippen LogP contribution in [0.25, 0.3) is 5.69 Å². The number of carbonyl (C=O) groups is 1. The number of nitrogens with zero attached hydrogens (tertiary/aromatic N) is 3. The van der Waals surface area contributed by atoms with Crippen LogP contribution in [-0.2, 0) is 6.54 Å². The van der Waals surface area contributed by atoms with Gasteiger partial charge in [-0.1, -0.05) is 18.2 Å². The Morgan fingerprint density at radius 2 is 1.88 bits per heavy atom. The van der Waals surface area contributed by atoms with E-state index in [4.69, 9.17) is 0 Å². The minimum absolute atomic E-state index is 0.187. The van der Waals surface area contributed by atoms with E-state index in [2.05, 4.69) is 10.3 Å². The minimum Gasteiger partial charge on any atom is -0.378 e. The monoisotopic (exact) mass is 348 g/mol. The molecule has 2 heterocycles. The van der Waals surface area contributed by atoms with Gasteiger partial charge in [0, 0.05) is 43.9 Å². The van der Waals surface area contributed by atoms with Crippen molar-refractivity contribution in [1.29, 1.82) is 0 Å². The number of benzene rings is 1. The van der Waals surface area contributed by atoms with E-state index in [-0.39, 0.29) is 11.5 Å². The van der Waals surface area contributed by atoms with E-state index < -0.39 is 0 Å². The van der Waals surface area contributed by atoms with E-state index in [0.29, 0.717) is 17.8 Å². The Bertz CT molecular complexity index is 965. The van der Waals surface area contributed by atoms with Crippen molar-refractivity contribution in [3.8, 4) is 5.69 Å². The molecule has 1 N–H and O–H groups in total. The Hall–Kier alpha value is -3.41. The maximum atomic E-state index is 12.5. The van der Waals surface area contributed by atoms with Crippen LogP contribution in [0, 0.1) is 0 Å². The quantitative estimate of drug-likeness (QED) is 0.768. The Morgan fingerprint density at radius 3 is 2.62 bits per heavy atom. The second-order valence-corrected chi connectivity index (χ2v) is 6.04. The third kappa shape index (κ3) is 3.97. The molecule has 0 radical (unpaired) electrons. The smallest absolute Gasteiger partial charge is 0.255 e. The van der Waals surface area contributed by atoms with Gasteiger partial charge in [0.15, 0.2) is 0 Å². The van der Waals surface area contributed by atoms with Gasteiger partial charge in [0.2, 0.25) is 0 Å². The lowest BCUT2D eigenvalue weighted by atomic mass is 10.2. The summed E-state index contributed by atoms with van der Waals surface area (Å²) in [5, 5.41) is 2.84. The SMILES string of the molecule is CN(C)c1ccnc(CNC(=O)c2ccc(=O)n(-c3ccccc3)c2)c1. The Balaban J connectivity index is 1.76. The molecule has 0 unspecified atom stereocenters. The first-order valence-electron chi connectivity index (χ1n) is 8.23. The van der Waals surface area contributed by atoms with E-state index in [0.717, 1.165) is 11.4 Å². The molecule has 0 aliphatic carbocycles. The third-order valence-corrected chi connectivity index (χ3v) is 3.95. The Kier molecular flexibility index (Phi) is 5.12. The summed E-state index contributed by atoms with van der Waals surface area (Å²) in [5.41, 5.74) is 2.72. The van der Waals surface area contributed by atoms with E-state index in [9.17, 15) is 9.59 Å². The number of pyridine rings is 2. The van der Waals surface area contributed by atoms with Gasteiger partial charge in [-0.15, -0.1) is 0 Å². The average Bonchev–Trinajstić information content (AvgIpc) is 2.67. The zero-order valence-electron chi connectivity index (χ0n) is 14.7. The highest BCUT2D eigenvalue weighted by Crippen LogP contribution is 2.11. The summed E-state index contributed by atoms with van der Waals surface area (Å²) in [6.45, 7) is 0.310. The second-order valence-electron chi connectivity index (χ2n) is 6.04. The van der Waals surface area contributed by atoms with E-state index in [1.54, 1.807) is 12.4 Å². The van der Waals surface area contributed by atoms with Crippen LogP contribution < -0.4 is 15.8 Å². The van der Waals surface area contributed by atoms with Crippen molar-refractivity contribution in [2.24, 2.45) is 0 Å². The molecular weight excluding hydrogens is 328 g/mol. The molecule has 132 valence electrons. The highest BCUT2D eigenvalue weighted by Gasteiger charge is 2.09. The van der Waals surface area contributed by atoms with Crippen LogP contribution in [0.5, 0.6) is 0 Å². The summed E-state index contributed by atoms with van der Waals surface area (Å²) < 4.78 is 1.46. The van der Waals surface area contributed by atoms with Crippen LogP contribution >= 0.6 is 0 Å². The molecule has 26 heavy (non-hydrogen) atoms. The topological polar surface area (TPSA) is 67.2 Å². The van der Waals surface area contributed by atoms with Crippen LogP contribution in [-0.4, -0.2) is 29.6 Å². The fourth-order valence-corrected chi connectivity index (χ4v) is 2.52. The summed E-state index contributed by atoms with van der Waals surface area (Å²) in [5.74, 6) is -0.258. The molecule has 0 saturated heterocycles. The maximum absolute atomic E-state index is 12.5. The van der Waals surface area contributed by atoms with Crippen molar-refractivity contribution in [2.45, 2.75) is 6.54 Å². The average molecular weight is 348 g/mol. The second kappa shape index (κ2) is 7.65. The van der Waals surface area contributed by atoms with Crippen LogP contribution in [0.1, 0.15) is 16.1 Å². The molecule has 6 heteroatoms. The molecule has 0 spiro atoms. The molecule has 3 rings (SSSR count). The molecule has 0 aliphatic heterocycles. The van der Waals surface area contributed by atoms with Crippen molar-refractivity contribution in [2.75, 3.05) is 19.0 Å². The molecule has 0 saturated carbocycles. The number of amides is 1. The number of rotatable bonds is 5. The molecule has 0 fully saturated rings. The van der Waals surface area contributed by atoms with Gasteiger partial charge in [0.05, 0.1) is 17.8 Å². The van der Waals surface area contributed by atoms with Crippen molar-refractivity contribution < 1.29 is 4.79 Å². The molecule has 1 aromatic carbocycles. The number of carbonyl (C=O) groups excluding carboxylic acids is 1. The van der Waals surface area contributed by atoms with Gasteiger partial charge in [-0.25, -0.2) is 0 Å². The number of nitrogens with one attached hydrogen (secondary N) is 1. The molecular formula is C20H20N4O2. The standard InChI is InChI=1S/C20H20N4O2/c1-23(2)18-10-11-21-16(12-18)13-22-20(26)15-8-9-19(25)24(14-15)17-6-4-3-5-7-17/h3-12,14H,13H2,1-2H3,(H,22,26). The van der Waals surface area contributed by atoms with Crippen LogP contribution in [0.4, 0.5) is 5.69 Å². The number of para-hydroxylation sites is 1. The Labute approximate surface area is 151 Å². The molecule has 3 aromatic rings. The lowest BCUT2D eigenvalue weighted by Gasteiger charge is -2.13. The van der Waals surface area contributed by atoms with Crippen LogP contribution in [0.3, 0.4) is 0 Å². The fraction of sp³-hybridized carbons (Fsp3) is 0.150. The van der Waals surface area contributed by atoms with E-state index in [1.807, 2.05) is 61.5 Å². The predicted octanol–water partition coefficient (Wildman–Crippen LogP) is 2.23. The summed E-state index contributed by atoms with van der Waals surface area (Å²) in [7, 11) is 3.90. The molecule has 0 aliphatic rings. The number of hydrogen-bond acceptors (Lipinski definition) is 4. The number of hydrogen-bond donors (Lipinski definition) is 1. The van der Waals surface area contributed by atoms with Gasteiger partial charge in [-0.05, 0) is 30.3 Å². The van der Waals surface area contributed by atoms with Gasteiger partial charge in [0.1, 0.15) is 0 Å². The first-order valence-corrected chi connectivity index (χ1v) is 8.23. The summed E-state index contributed by atoms with van der Waals surface area (Å²) >= 11 is 0. The summed E-state index contributed by atoms with van der Waals surface area (Å²) in [6, 6.07) is 16.0. The Morgan fingerprint density at radius 1 is 1.12 bits per heavy atom. The number of aromatic nitrogens is 2. The van der Waals surface area contributed by atoms with E-state index >= 15 is 0 Å². The maximum Gasteiger partial charge on any atom is 0.255 e. The van der Waals surface area contributed by atoms with Crippen molar-refractivity contribution in [3.63, 3.8) is 0 Å². The van der Waals surface area contributed by atoms with Crippen LogP contribution in [0.15, 0.2) is 71.8 Å². The molecule has 0 atom stereocenters. The van der Waals surface area contributed by atoms with Gasteiger partial charge < -0.3 is 10.2 Å². The molecule has 6 nitrogen and oxygen atoms in total. The lowest BCUT2D eigenvalue weighted by molar-refractivity contribution is 0.0950. The van der Waals surface area contributed by atoms with Crippen molar-refractivity contribution in [3.05, 3.63) is 88.6 Å². The first kappa shape index (κ1) is 17.4. The third-order valence-electron chi connectivity index (χ3n) is 3.95. The molecule has 2 aromatic heterocycles. The fourth-order valence-electron chi connectivity index (χ4n) is 2.52. The highest BCUT2D eigenvalue weighted by atomic mass is 16.2. The van der Waals surface area contributed by atoms with Gasteiger partial charge in [-0.2, -0.15) is 0 Å². The predicted molar refractivity (Wildman–Crippen MR) is 102 cm³/mol. The lowest BCUT2D eigenvalue weighted by Crippen LogP contribution is -2.26. The van der Waals surface area contributed by atoms with E-state index in [1.165, 1.54) is 16.7 Å². The van der Waals surface area contributed by atoms with Gasteiger partial charge >= 0.3 is 0 Å². The molecule has 0 bridgehead atoms. The van der Waals surface area contributed by atoms with Gasteiger partial charge in [-0.3, -0.25) is 19.1 Å².